The van der Waals surface area contributed by atoms with Crippen LogP contribution in [-0.2, 0) is 0 Å². The summed E-state index contributed by atoms with van der Waals surface area (Å²) in [5, 5.41) is 6.43. The van der Waals surface area contributed by atoms with Gasteiger partial charge in [-0.1, -0.05) is 12.1 Å². The Morgan fingerprint density at radius 1 is 0.889 bits per heavy atom. The van der Waals surface area contributed by atoms with Crippen LogP contribution in [0.5, 0.6) is 17.2 Å². The van der Waals surface area contributed by atoms with Crippen molar-refractivity contribution < 1.29 is 14.2 Å². The quantitative estimate of drug-likeness (QED) is 0.612. The Balaban J connectivity index is 1.81. The van der Waals surface area contributed by atoms with Gasteiger partial charge >= 0.3 is 0 Å². The first-order valence-corrected chi connectivity index (χ1v) is 8.54. The van der Waals surface area contributed by atoms with E-state index in [1.807, 2.05) is 43.3 Å². The molecule has 140 valence electrons. The first-order chi connectivity index (χ1) is 13.2. The van der Waals surface area contributed by atoms with Gasteiger partial charge in [-0.3, -0.25) is 0 Å². The van der Waals surface area contributed by atoms with Crippen molar-refractivity contribution >= 4 is 23.1 Å². The lowest BCUT2D eigenvalue weighted by atomic mass is 10.2. The van der Waals surface area contributed by atoms with Gasteiger partial charge in [0.15, 0.2) is 0 Å². The summed E-state index contributed by atoms with van der Waals surface area (Å²) >= 11 is 0. The van der Waals surface area contributed by atoms with Gasteiger partial charge in [-0.2, -0.15) is 4.98 Å². The Morgan fingerprint density at radius 3 is 2.48 bits per heavy atom. The zero-order valence-corrected chi connectivity index (χ0v) is 15.5. The monoisotopic (exact) mass is 366 g/mol. The SMILES string of the molecule is CCOc1ccccc1Nc1nccc(Nc2ccc(OC)cc2OC)n1. The van der Waals surface area contributed by atoms with E-state index in [1.54, 1.807) is 32.5 Å². The van der Waals surface area contributed by atoms with Gasteiger partial charge in [0.1, 0.15) is 23.1 Å². The zero-order valence-electron chi connectivity index (χ0n) is 15.5. The molecule has 0 aliphatic heterocycles. The summed E-state index contributed by atoms with van der Waals surface area (Å²) in [6.45, 7) is 2.53. The normalized spacial score (nSPS) is 10.2. The molecule has 0 aliphatic carbocycles. The molecule has 0 radical (unpaired) electrons. The molecule has 2 aromatic carbocycles. The highest BCUT2D eigenvalue weighted by Crippen LogP contribution is 2.31. The summed E-state index contributed by atoms with van der Waals surface area (Å²) < 4.78 is 16.3. The van der Waals surface area contributed by atoms with Crippen LogP contribution in [0.1, 0.15) is 6.92 Å². The molecule has 3 rings (SSSR count). The van der Waals surface area contributed by atoms with E-state index in [4.69, 9.17) is 14.2 Å². The Bertz CT molecular complexity index is 902. The van der Waals surface area contributed by atoms with Crippen LogP contribution in [0.4, 0.5) is 23.1 Å². The van der Waals surface area contributed by atoms with Crippen LogP contribution in [0.25, 0.3) is 0 Å². The first-order valence-electron chi connectivity index (χ1n) is 8.54. The molecule has 7 heteroatoms. The zero-order chi connectivity index (χ0) is 19.1. The van der Waals surface area contributed by atoms with Crippen molar-refractivity contribution in [3.05, 3.63) is 54.7 Å². The van der Waals surface area contributed by atoms with Crippen LogP contribution in [0.3, 0.4) is 0 Å². The smallest absolute Gasteiger partial charge is 0.229 e. The molecule has 0 fully saturated rings. The van der Waals surface area contributed by atoms with E-state index in [0.29, 0.717) is 24.1 Å². The fourth-order valence-electron chi connectivity index (χ4n) is 2.50. The Kier molecular flexibility index (Phi) is 5.94. The van der Waals surface area contributed by atoms with Gasteiger partial charge in [0.25, 0.3) is 0 Å². The highest BCUT2D eigenvalue weighted by molar-refractivity contribution is 5.67. The summed E-state index contributed by atoms with van der Waals surface area (Å²) in [7, 11) is 3.22. The van der Waals surface area contributed by atoms with Gasteiger partial charge in [0, 0.05) is 12.3 Å². The second-order valence-corrected chi connectivity index (χ2v) is 5.51. The van der Waals surface area contributed by atoms with E-state index in [0.717, 1.165) is 22.9 Å². The standard InChI is InChI=1S/C20H22N4O3/c1-4-27-17-8-6-5-7-15(17)23-20-21-12-11-19(24-20)22-16-10-9-14(25-2)13-18(16)26-3/h5-13H,4H2,1-3H3,(H2,21,22,23,24). The van der Waals surface area contributed by atoms with Crippen LogP contribution >= 0.6 is 0 Å². The maximum atomic E-state index is 5.63. The number of hydrogen-bond donors (Lipinski definition) is 2. The molecule has 0 unspecified atom stereocenters. The molecule has 3 aromatic rings. The van der Waals surface area contributed by atoms with Crippen molar-refractivity contribution in [2.45, 2.75) is 6.92 Å². The maximum Gasteiger partial charge on any atom is 0.229 e. The van der Waals surface area contributed by atoms with E-state index in [-0.39, 0.29) is 0 Å². The third-order valence-electron chi connectivity index (χ3n) is 3.76. The molecule has 0 saturated heterocycles. The van der Waals surface area contributed by atoms with Crippen LogP contribution in [0.2, 0.25) is 0 Å². The molecule has 2 N–H and O–H groups in total. The van der Waals surface area contributed by atoms with Gasteiger partial charge < -0.3 is 24.8 Å². The number of benzene rings is 2. The molecule has 0 amide bonds. The van der Waals surface area contributed by atoms with Gasteiger partial charge in [-0.25, -0.2) is 4.98 Å². The van der Waals surface area contributed by atoms with Crippen LogP contribution in [-0.4, -0.2) is 30.8 Å². The summed E-state index contributed by atoms with van der Waals surface area (Å²) in [5.41, 5.74) is 1.58. The molecule has 0 atom stereocenters. The Hall–Kier alpha value is -3.48. The number of methoxy groups -OCH3 is 2. The molecule has 0 aliphatic rings. The second kappa shape index (κ2) is 8.75. The lowest BCUT2D eigenvalue weighted by molar-refractivity contribution is 0.342. The van der Waals surface area contributed by atoms with Crippen molar-refractivity contribution in [3.8, 4) is 17.2 Å². The number of anilines is 4. The van der Waals surface area contributed by atoms with Crippen molar-refractivity contribution in [2.24, 2.45) is 0 Å². The van der Waals surface area contributed by atoms with E-state index in [9.17, 15) is 0 Å². The van der Waals surface area contributed by atoms with E-state index < -0.39 is 0 Å². The lowest BCUT2D eigenvalue weighted by Gasteiger charge is -2.13. The fraction of sp³-hybridized carbons (Fsp3) is 0.200. The van der Waals surface area contributed by atoms with Gasteiger partial charge in [0.05, 0.1) is 32.2 Å². The maximum absolute atomic E-state index is 5.63. The van der Waals surface area contributed by atoms with E-state index in [2.05, 4.69) is 20.6 Å². The van der Waals surface area contributed by atoms with E-state index >= 15 is 0 Å². The third kappa shape index (κ3) is 4.58. The number of rotatable bonds is 8. The Labute approximate surface area is 158 Å². The molecule has 0 bridgehead atoms. The molecule has 1 heterocycles. The minimum atomic E-state index is 0.458. The molecular weight excluding hydrogens is 344 g/mol. The second-order valence-electron chi connectivity index (χ2n) is 5.51. The topological polar surface area (TPSA) is 77.5 Å². The predicted molar refractivity (Wildman–Crippen MR) is 106 cm³/mol. The summed E-state index contributed by atoms with van der Waals surface area (Å²) in [4.78, 5) is 8.79. The summed E-state index contributed by atoms with van der Waals surface area (Å²) in [6, 6.07) is 15.0. The molecule has 1 aromatic heterocycles. The highest BCUT2D eigenvalue weighted by atomic mass is 16.5. The minimum absolute atomic E-state index is 0.458. The van der Waals surface area contributed by atoms with Crippen molar-refractivity contribution in [3.63, 3.8) is 0 Å². The summed E-state index contributed by atoms with van der Waals surface area (Å²) in [5.74, 6) is 3.21. The summed E-state index contributed by atoms with van der Waals surface area (Å²) in [6.07, 6.45) is 1.68. The van der Waals surface area contributed by atoms with Crippen LogP contribution in [0.15, 0.2) is 54.7 Å². The number of hydrogen-bond acceptors (Lipinski definition) is 7. The number of nitrogens with one attached hydrogen (secondary N) is 2. The average molecular weight is 366 g/mol. The van der Waals surface area contributed by atoms with Crippen molar-refractivity contribution in [1.29, 1.82) is 0 Å². The fourth-order valence-corrected chi connectivity index (χ4v) is 2.50. The van der Waals surface area contributed by atoms with Crippen molar-refractivity contribution in [2.75, 3.05) is 31.5 Å². The molecule has 0 saturated carbocycles. The van der Waals surface area contributed by atoms with Crippen molar-refractivity contribution in [1.82, 2.24) is 9.97 Å². The third-order valence-corrected chi connectivity index (χ3v) is 3.76. The van der Waals surface area contributed by atoms with E-state index in [1.165, 1.54) is 0 Å². The van der Waals surface area contributed by atoms with Crippen LogP contribution in [0, 0.1) is 0 Å². The highest BCUT2D eigenvalue weighted by Gasteiger charge is 2.08. The Morgan fingerprint density at radius 2 is 1.70 bits per heavy atom. The predicted octanol–water partition coefficient (Wildman–Crippen LogP) is 4.38. The molecule has 0 spiro atoms. The molecular formula is C20H22N4O3. The first kappa shape index (κ1) is 18.3. The van der Waals surface area contributed by atoms with Gasteiger partial charge in [-0.05, 0) is 37.3 Å². The molecule has 7 nitrogen and oxygen atoms in total. The number of ether oxygens (including phenoxy) is 3. The largest absolute Gasteiger partial charge is 0.497 e. The van der Waals surface area contributed by atoms with Crippen LogP contribution < -0.4 is 24.8 Å². The lowest BCUT2D eigenvalue weighted by Crippen LogP contribution is -2.03. The van der Waals surface area contributed by atoms with Gasteiger partial charge in [0.2, 0.25) is 5.95 Å². The molecule has 27 heavy (non-hydrogen) atoms. The number of aromatic nitrogens is 2. The number of nitrogens with zero attached hydrogens (tertiary/aromatic N) is 2. The number of para-hydroxylation sites is 2. The van der Waals surface area contributed by atoms with Gasteiger partial charge in [-0.15, -0.1) is 0 Å². The minimum Gasteiger partial charge on any atom is -0.497 e. The average Bonchev–Trinajstić information content (AvgIpc) is 2.70.